The van der Waals surface area contributed by atoms with Crippen LogP contribution in [0.3, 0.4) is 0 Å². The SMILES string of the molecule is CC(=O)OC[C@@H]1C[C@@H](OC(C)=O)[C@H](n2cc(C)c(NC(=O)c3ccccc3)nc2=O)O1. The Hall–Kier alpha value is -3.53. The van der Waals surface area contributed by atoms with E-state index in [1.807, 2.05) is 0 Å². The predicted octanol–water partition coefficient (Wildman–Crippen LogP) is 1.59. The monoisotopic (exact) mass is 429 g/mol. The second-order valence-electron chi connectivity index (χ2n) is 7.12. The number of rotatable bonds is 6. The normalized spacial score (nSPS) is 20.2. The van der Waals surface area contributed by atoms with Crippen LogP contribution in [0.15, 0.2) is 41.3 Å². The Morgan fingerprint density at radius 1 is 1.19 bits per heavy atom. The van der Waals surface area contributed by atoms with E-state index in [0.717, 1.165) is 0 Å². The van der Waals surface area contributed by atoms with Crippen LogP contribution in [0.1, 0.15) is 42.4 Å². The third kappa shape index (κ3) is 5.54. The van der Waals surface area contributed by atoms with Crippen LogP contribution in [-0.2, 0) is 23.8 Å². The van der Waals surface area contributed by atoms with Gasteiger partial charge in [0.15, 0.2) is 6.23 Å². The van der Waals surface area contributed by atoms with Crippen LogP contribution >= 0.6 is 0 Å². The first-order valence-corrected chi connectivity index (χ1v) is 9.67. The maximum Gasteiger partial charge on any atom is 0.351 e. The Morgan fingerprint density at radius 3 is 2.55 bits per heavy atom. The number of carbonyl (C=O) groups excluding carboxylic acids is 3. The van der Waals surface area contributed by atoms with E-state index in [0.29, 0.717) is 11.1 Å². The van der Waals surface area contributed by atoms with Crippen molar-refractivity contribution in [3.63, 3.8) is 0 Å². The second-order valence-corrected chi connectivity index (χ2v) is 7.12. The van der Waals surface area contributed by atoms with E-state index >= 15 is 0 Å². The van der Waals surface area contributed by atoms with Gasteiger partial charge in [-0.3, -0.25) is 19.0 Å². The number of hydrogen-bond acceptors (Lipinski definition) is 8. The molecule has 1 aromatic heterocycles. The molecule has 0 saturated carbocycles. The van der Waals surface area contributed by atoms with E-state index < -0.39 is 42.0 Å². The molecule has 10 heteroatoms. The highest BCUT2D eigenvalue weighted by Gasteiger charge is 2.40. The summed E-state index contributed by atoms with van der Waals surface area (Å²) in [5, 5.41) is 2.62. The fraction of sp³-hybridized carbons (Fsp3) is 0.381. The molecule has 1 N–H and O–H groups in total. The van der Waals surface area contributed by atoms with Gasteiger partial charge in [-0.05, 0) is 19.1 Å². The molecule has 2 heterocycles. The number of nitrogens with one attached hydrogen (secondary N) is 1. The molecule has 1 fully saturated rings. The van der Waals surface area contributed by atoms with Crippen molar-refractivity contribution >= 4 is 23.7 Å². The first-order chi connectivity index (χ1) is 14.7. The Balaban J connectivity index is 1.82. The first kappa shape index (κ1) is 22.2. The van der Waals surface area contributed by atoms with E-state index in [-0.39, 0.29) is 18.8 Å². The van der Waals surface area contributed by atoms with Crippen molar-refractivity contribution in [1.82, 2.24) is 9.55 Å². The molecule has 3 rings (SSSR count). The number of amides is 1. The van der Waals surface area contributed by atoms with E-state index in [1.54, 1.807) is 37.3 Å². The number of hydrogen-bond donors (Lipinski definition) is 1. The van der Waals surface area contributed by atoms with Crippen molar-refractivity contribution in [1.29, 1.82) is 0 Å². The summed E-state index contributed by atoms with van der Waals surface area (Å²) >= 11 is 0. The standard InChI is InChI=1S/C21H23N3O7/c1-12-10-24(20-17(30-14(3)26)9-16(31-20)11-29-13(2)25)21(28)23-18(12)22-19(27)15-7-5-4-6-8-15/h4-8,10,16-17,20H,9,11H2,1-3H3,(H,22,23,27,28)/t16-,17+,20+/m0/s1. The van der Waals surface area contributed by atoms with Gasteiger partial charge >= 0.3 is 17.6 Å². The Labute approximate surface area is 178 Å². The largest absolute Gasteiger partial charge is 0.463 e. The van der Waals surface area contributed by atoms with E-state index in [9.17, 15) is 19.2 Å². The van der Waals surface area contributed by atoms with Gasteiger partial charge in [0.05, 0.1) is 6.10 Å². The number of carbonyl (C=O) groups is 3. The molecule has 10 nitrogen and oxygen atoms in total. The zero-order valence-corrected chi connectivity index (χ0v) is 17.4. The fourth-order valence-corrected chi connectivity index (χ4v) is 3.24. The molecule has 0 unspecified atom stereocenters. The number of aryl methyl sites for hydroxylation is 1. The molecule has 1 aliphatic rings. The van der Waals surface area contributed by atoms with Crippen molar-refractivity contribution < 1.29 is 28.6 Å². The van der Waals surface area contributed by atoms with Crippen LogP contribution in [0, 0.1) is 6.92 Å². The molecule has 0 radical (unpaired) electrons. The van der Waals surface area contributed by atoms with Crippen LogP contribution in [0.25, 0.3) is 0 Å². The average molecular weight is 429 g/mol. The third-order valence-electron chi connectivity index (χ3n) is 4.61. The maximum absolute atomic E-state index is 12.7. The maximum atomic E-state index is 12.7. The van der Waals surface area contributed by atoms with Gasteiger partial charge in [0, 0.05) is 37.6 Å². The summed E-state index contributed by atoms with van der Waals surface area (Å²) in [7, 11) is 0. The zero-order chi connectivity index (χ0) is 22.5. The first-order valence-electron chi connectivity index (χ1n) is 9.67. The molecular weight excluding hydrogens is 406 g/mol. The van der Waals surface area contributed by atoms with Gasteiger partial charge in [-0.15, -0.1) is 0 Å². The molecule has 0 aliphatic carbocycles. The summed E-state index contributed by atoms with van der Waals surface area (Å²) in [5.41, 5.74) is 0.247. The Morgan fingerprint density at radius 2 is 1.90 bits per heavy atom. The molecule has 31 heavy (non-hydrogen) atoms. The van der Waals surface area contributed by atoms with Crippen molar-refractivity contribution in [2.75, 3.05) is 11.9 Å². The van der Waals surface area contributed by atoms with Gasteiger partial charge in [0.2, 0.25) is 0 Å². The molecule has 3 atom stereocenters. The lowest BCUT2D eigenvalue weighted by atomic mass is 10.2. The number of esters is 2. The minimum Gasteiger partial charge on any atom is -0.463 e. The molecule has 2 aromatic rings. The van der Waals surface area contributed by atoms with Gasteiger partial charge in [-0.2, -0.15) is 4.98 Å². The van der Waals surface area contributed by atoms with Crippen LogP contribution in [0.2, 0.25) is 0 Å². The second kappa shape index (κ2) is 9.52. The third-order valence-corrected chi connectivity index (χ3v) is 4.61. The highest BCUT2D eigenvalue weighted by atomic mass is 16.6. The minimum atomic E-state index is -0.943. The van der Waals surface area contributed by atoms with E-state index in [1.165, 1.54) is 24.6 Å². The van der Waals surface area contributed by atoms with E-state index in [4.69, 9.17) is 14.2 Å². The summed E-state index contributed by atoms with van der Waals surface area (Å²) in [4.78, 5) is 51.6. The van der Waals surface area contributed by atoms with Gasteiger partial charge < -0.3 is 19.5 Å². The quantitative estimate of drug-likeness (QED) is 0.686. The summed E-state index contributed by atoms with van der Waals surface area (Å²) in [5.74, 6) is -1.28. The van der Waals surface area contributed by atoms with Crippen LogP contribution < -0.4 is 11.0 Å². The lowest BCUT2D eigenvalue weighted by Gasteiger charge is -2.21. The van der Waals surface area contributed by atoms with Gasteiger partial charge in [0.25, 0.3) is 5.91 Å². The molecule has 1 aliphatic heterocycles. The Bertz CT molecular complexity index is 1040. The average Bonchev–Trinajstić information content (AvgIpc) is 3.11. The summed E-state index contributed by atoms with van der Waals surface area (Å²) in [6.45, 7) is 4.17. The molecule has 0 spiro atoms. The lowest BCUT2D eigenvalue weighted by Crippen LogP contribution is -2.34. The molecule has 1 aromatic carbocycles. The van der Waals surface area contributed by atoms with Crippen LogP contribution in [-0.4, -0.2) is 46.2 Å². The zero-order valence-electron chi connectivity index (χ0n) is 17.4. The topological polar surface area (TPSA) is 126 Å². The minimum absolute atomic E-state index is 0.0318. The highest BCUT2D eigenvalue weighted by Crippen LogP contribution is 2.31. The molecule has 0 bridgehead atoms. The Kier molecular flexibility index (Phi) is 6.81. The van der Waals surface area contributed by atoms with Gasteiger partial charge in [0.1, 0.15) is 18.5 Å². The summed E-state index contributed by atoms with van der Waals surface area (Å²) in [6.07, 6.45) is -0.535. The predicted molar refractivity (Wildman–Crippen MR) is 108 cm³/mol. The number of benzene rings is 1. The van der Waals surface area contributed by atoms with Crippen LogP contribution in [0.4, 0.5) is 5.82 Å². The molecule has 1 saturated heterocycles. The van der Waals surface area contributed by atoms with Crippen molar-refractivity contribution in [2.45, 2.75) is 45.6 Å². The van der Waals surface area contributed by atoms with Gasteiger partial charge in [-0.1, -0.05) is 18.2 Å². The highest BCUT2D eigenvalue weighted by molar-refractivity contribution is 6.03. The van der Waals surface area contributed by atoms with Gasteiger partial charge in [-0.25, -0.2) is 4.79 Å². The van der Waals surface area contributed by atoms with Crippen LogP contribution in [0.5, 0.6) is 0 Å². The molecular formula is C21H23N3O7. The van der Waals surface area contributed by atoms with Crippen molar-refractivity contribution in [2.24, 2.45) is 0 Å². The smallest absolute Gasteiger partial charge is 0.351 e. The summed E-state index contributed by atoms with van der Waals surface area (Å²) < 4.78 is 17.3. The number of anilines is 1. The van der Waals surface area contributed by atoms with Crippen molar-refractivity contribution in [3.8, 4) is 0 Å². The summed E-state index contributed by atoms with van der Waals surface area (Å²) in [6, 6.07) is 8.53. The number of ether oxygens (including phenoxy) is 3. The van der Waals surface area contributed by atoms with E-state index in [2.05, 4.69) is 10.3 Å². The lowest BCUT2D eigenvalue weighted by molar-refractivity contribution is -0.153. The molecule has 1 amide bonds. The fourth-order valence-electron chi connectivity index (χ4n) is 3.24. The number of aromatic nitrogens is 2. The molecule has 164 valence electrons. The van der Waals surface area contributed by atoms with Crippen molar-refractivity contribution in [3.05, 3.63) is 58.1 Å². The number of nitrogens with zero attached hydrogens (tertiary/aromatic N) is 2.